The van der Waals surface area contributed by atoms with Crippen molar-refractivity contribution in [1.29, 1.82) is 0 Å². The Bertz CT molecular complexity index is 853. The molecule has 0 unspecified atom stereocenters. The normalized spacial score (nSPS) is 13.9. The van der Waals surface area contributed by atoms with E-state index in [9.17, 15) is 9.90 Å². The smallest absolute Gasteiger partial charge is 0.255 e. The Morgan fingerprint density at radius 3 is 2.87 bits per heavy atom. The van der Waals surface area contributed by atoms with Crippen molar-refractivity contribution in [2.45, 2.75) is 32.2 Å². The van der Waals surface area contributed by atoms with Crippen LogP contribution in [0.4, 0.5) is 0 Å². The fraction of sp³-hybridized carbons (Fsp3) is 0.294. The molecule has 0 saturated heterocycles. The molecule has 0 bridgehead atoms. The summed E-state index contributed by atoms with van der Waals surface area (Å²) in [6, 6.07) is 3.58. The molecule has 5 nitrogen and oxygen atoms in total. The van der Waals surface area contributed by atoms with E-state index in [0.717, 1.165) is 36.3 Å². The number of rotatable bonds is 3. The summed E-state index contributed by atoms with van der Waals surface area (Å²) >= 11 is 1.56. The molecule has 0 saturated carbocycles. The maximum absolute atomic E-state index is 12.4. The first kappa shape index (κ1) is 14.3. The zero-order valence-electron chi connectivity index (χ0n) is 12.6. The largest absolute Gasteiger partial charge is 0.507 e. The molecule has 2 heterocycles. The number of fused-ring (bicyclic) bond motifs is 2. The Morgan fingerprint density at radius 1 is 1.30 bits per heavy atom. The van der Waals surface area contributed by atoms with Crippen molar-refractivity contribution in [3.05, 3.63) is 52.3 Å². The SMILES string of the molecule is O=C(NCc1cn2ccsc2n1)c1cc2c(cc1O)CCCC2. The minimum absolute atomic E-state index is 0.0639. The molecule has 0 radical (unpaired) electrons. The summed E-state index contributed by atoms with van der Waals surface area (Å²) in [4.78, 5) is 17.7. The van der Waals surface area contributed by atoms with Gasteiger partial charge < -0.3 is 10.4 Å². The predicted octanol–water partition coefficient (Wildman–Crippen LogP) is 2.91. The highest BCUT2D eigenvalue weighted by molar-refractivity contribution is 7.15. The van der Waals surface area contributed by atoms with E-state index in [-0.39, 0.29) is 11.7 Å². The summed E-state index contributed by atoms with van der Waals surface area (Å²) in [6.07, 6.45) is 8.09. The molecule has 0 spiro atoms. The number of phenolic OH excluding ortho intramolecular Hbond substituents is 1. The second kappa shape index (κ2) is 5.70. The van der Waals surface area contributed by atoms with Crippen molar-refractivity contribution in [2.24, 2.45) is 0 Å². The van der Waals surface area contributed by atoms with Gasteiger partial charge in [-0.2, -0.15) is 0 Å². The highest BCUT2D eigenvalue weighted by atomic mass is 32.1. The fourth-order valence-corrected chi connectivity index (χ4v) is 3.80. The van der Waals surface area contributed by atoms with Gasteiger partial charge in [0.2, 0.25) is 0 Å². The molecular formula is C17H17N3O2S. The lowest BCUT2D eigenvalue weighted by atomic mass is 9.90. The number of imidazole rings is 1. The lowest BCUT2D eigenvalue weighted by molar-refractivity contribution is 0.0947. The molecule has 2 N–H and O–H groups in total. The van der Waals surface area contributed by atoms with Crippen LogP contribution >= 0.6 is 11.3 Å². The minimum Gasteiger partial charge on any atom is -0.507 e. The van der Waals surface area contributed by atoms with Gasteiger partial charge in [-0.05, 0) is 48.9 Å². The van der Waals surface area contributed by atoms with Crippen molar-refractivity contribution in [2.75, 3.05) is 0 Å². The number of thiazole rings is 1. The molecule has 1 aliphatic rings. The van der Waals surface area contributed by atoms with Gasteiger partial charge in [-0.15, -0.1) is 11.3 Å². The van der Waals surface area contributed by atoms with Gasteiger partial charge in [0.1, 0.15) is 5.75 Å². The standard InChI is InChI=1S/C17H17N3O2S/c21-15-8-12-4-2-1-3-11(12)7-14(15)16(22)18-9-13-10-20-5-6-23-17(20)19-13/h5-8,10,21H,1-4,9H2,(H,18,22). The molecule has 1 aliphatic carbocycles. The number of aromatic hydroxyl groups is 1. The quantitative estimate of drug-likeness (QED) is 0.777. The highest BCUT2D eigenvalue weighted by Crippen LogP contribution is 2.28. The summed E-state index contributed by atoms with van der Waals surface area (Å²) in [6.45, 7) is 0.351. The number of phenols is 1. The number of hydrogen-bond acceptors (Lipinski definition) is 4. The van der Waals surface area contributed by atoms with Crippen LogP contribution in [0.15, 0.2) is 29.9 Å². The van der Waals surface area contributed by atoms with E-state index in [0.29, 0.717) is 12.1 Å². The first-order valence-corrected chi connectivity index (χ1v) is 8.63. The molecule has 1 amide bonds. The van der Waals surface area contributed by atoms with E-state index in [4.69, 9.17) is 0 Å². The van der Waals surface area contributed by atoms with E-state index < -0.39 is 0 Å². The average molecular weight is 327 g/mol. The zero-order valence-corrected chi connectivity index (χ0v) is 13.4. The Morgan fingerprint density at radius 2 is 2.09 bits per heavy atom. The maximum Gasteiger partial charge on any atom is 0.255 e. The second-order valence-electron chi connectivity index (χ2n) is 5.85. The average Bonchev–Trinajstić information content (AvgIpc) is 3.13. The van der Waals surface area contributed by atoms with Crippen LogP contribution in [-0.2, 0) is 19.4 Å². The topological polar surface area (TPSA) is 66.6 Å². The fourth-order valence-electron chi connectivity index (χ4n) is 3.08. The van der Waals surface area contributed by atoms with Gasteiger partial charge in [0.25, 0.3) is 5.91 Å². The predicted molar refractivity (Wildman–Crippen MR) is 89.0 cm³/mol. The zero-order chi connectivity index (χ0) is 15.8. The lowest BCUT2D eigenvalue weighted by Gasteiger charge is -2.17. The third kappa shape index (κ3) is 2.70. The number of nitrogens with zero attached hydrogens (tertiary/aromatic N) is 2. The number of amides is 1. The van der Waals surface area contributed by atoms with E-state index in [2.05, 4.69) is 10.3 Å². The third-order valence-electron chi connectivity index (χ3n) is 4.28. The van der Waals surface area contributed by atoms with Gasteiger partial charge in [-0.1, -0.05) is 0 Å². The first-order chi connectivity index (χ1) is 11.2. The Balaban J connectivity index is 1.51. The molecule has 2 aromatic heterocycles. The van der Waals surface area contributed by atoms with Crippen molar-refractivity contribution < 1.29 is 9.90 Å². The molecule has 1 aromatic carbocycles. The number of benzene rings is 1. The molecule has 4 rings (SSSR count). The van der Waals surface area contributed by atoms with Crippen LogP contribution in [0, 0.1) is 0 Å². The van der Waals surface area contributed by atoms with Crippen LogP contribution in [0.5, 0.6) is 5.75 Å². The highest BCUT2D eigenvalue weighted by Gasteiger charge is 2.17. The Kier molecular flexibility index (Phi) is 3.53. The van der Waals surface area contributed by atoms with Crippen LogP contribution in [0.25, 0.3) is 4.96 Å². The molecule has 0 fully saturated rings. The molecular weight excluding hydrogens is 310 g/mol. The third-order valence-corrected chi connectivity index (χ3v) is 5.05. The summed E-state index contributed by atoms with van der Waals surface area (Å²) in [5.74, 6) is -0.193. The molecule has 3 aromatic rings. The van der Waals surface area contributed by atoms with Crippen LogP contribution in [0.1, 0.15) is 40.0 Å². The van der Waals surface area contributed by atoms with Crippen molar-refractivity contribution in [3.8, 4) is 5.75 Å². The minimum atomic E-state index is -0.257. The van der Waals surface area contributed by atoms with E-state index in [1.165, 1.54) is 11.1 Å². The number of hydrogen-bond donors (Lipinski definition) is 2. The monoisotopic (exact) mass is 327 g/mol. The number of nitrogens with one attached hydrogen (secondary N) is 1. The number of carbonyl (C=O) groups is 1. The Hall–Kier alpha value is -2.34. The van der Waals surface area contributed by atoms with Crippen molar-refractivity contribution in [3.63, 3.8) is 0 Å². The van der Waals surface area contributed by atoms with Gasteiger partial charge in [0.15, 0.2) is 4.96 Å². The van der Waals surface area contributed by atoms with Crippen LogP contribution in [0.2, 0.25) is 0 Å². The lowest BCUT2D eigenvalue weighted by Crippen LogP contribution is -2.23. The van der Waals surface area contributed by atoms with E-state index in [1.807, 2.05) is 28.2 Å². The molecule has 23 heavy (non-hydrogen) atoms. The van der Waals surface area contributed by atoms with E-state index >= 15 is 0 Å². The van der Waals surface area contributed by atoms with E-state index in [1.54, 1.807) is 17.4 Å². The summed E-state index contributed by atoms with van der Waals surface area (Å²) in [5, 5.41) is 14.9. The van der Waals surface area contributed by atoms with Crippen LogP contribution < -0.4 is 5.32 Å². The van der Waals surface area contributed by atoms with Crippen LogP contribution in [-0.4, -0.2) is 20.4 Å². The van der Waals surface area contributed by atoms with Crippen LogP contribution in [0.3, 0.4) is 0 Å². The van der Waals surface area contributed by atoms with Gasteiger partial charge in [0.05, 0.1) is 17.8 Å². The summed E-state index contributed by atoms with van der Waals surface area (Å²) in [7, 11) is 0. The molecule has 0 atom stereocenters. The second-order valence-corrected chi connectivity index (χ2v) is 6.73. The number of carbonyl (C=O) groups excluding carboxylic acids is 1. The Labute approximate surface area is 137 Å². The number of aromatic nitrogens is 2. The first-order valence-electron chi connectivity index (χ1n) is 7.75. The van der Waals surface area contributed by atoms with Crippen molar-refractivity contribution in [1.82, 2.24) is 14.7 Å². The van der Waals surface area contributed by atoms with Gasteiger partial charge in [-0.3, -0.25) is 9.20 Å². The summed E-state index contributed by atoms with van der Waals surface area (Å²) in [5.41, 5.74) is 3.51. The van der Waals surface area contributed by atoms with Gasteiger partial charge in [-0.25, -0.2) is 4.98 Å². The van der Waals surface area contributed by atoms with Gasteiger partial charge in [0, 0.05) is 17.8 Å². The van der Waals surface area contributed by atoms with Crippen molar-refractivity contribution >= 4 is 22.2 Å². The maximum atomic E-state index is 12.4. The summed E-state index contributed by atoms with van der Waals surface area (Å²) < 4.78 is 1.93. The molecule has 6 heteroatoms. The van der Waals surface area contributed by atoms with Gasteiger partial charge >= 0.3 is 0 Å². The molecule has 118 valence electrons. The number of aryl methyl sites for hydroxylation is 2. The molecule has 0 aliphatic heterocycles.